The van der Waals surface area contributed by atoms with Crippen molar-refractivity contribution < 1.29 is 13.2 Å². The zero-order chi connectivity index (χ0) is 22.6. The number of pyridine rings is 1. The topological polar surface area (TPSA) is 74.5 Å². The molecule has 1 aromatic carbocycles. The Morgan fingerprint density at radius 3 is 2.25 bits per heavy atom. The second-order valence-corrected chi connectivity index (χ2v) is 8.06. The number of nitrogens with one attached hydrogen (secondary N) is 1. The van der Waals surface area contributed by atoms with Crippen LogP contribution in [0.4, 0.5) is 24.7 Å². The van der Waals surface area contributed by atoms with Crippen molar-refractivity contribution in [3.05, 3.63) is 66.0 Å². The van der Waals surface area contributed by atoms with Crippen molar-refractivity contribution in [3.8, 4) is 17.3 Å². The van der Waals surface area contributed by atoms with Crippen LogP contribution in [0, 0.1) is 17.2 Å². The summed E-state index contributed by atoms with van der Waals surface area (Å²) in [5.74, 6) is 1.49. The highest BCUT2D eigenvalue weighted by molar-refractivity contribution is 5.62. The molecule has 0 radical (unpaired) electrons. The maximum absolute atomic E-state index is 12.6. The van der Waals surface area contributed by atoms with Crippen LogP contribution in [0.15, 0.2) is 54.7 Å². The number of hydrogen-bond acceptors (Lipinski definition) is 5. The monoisotopic (exact) mass is 437 g/mol. The first-order valence-electron chi connectivity index (χ1n) is 10.5. The third-order valence-electron chi connectivity index (χ3n) is 5.90. The quantitative estimate of drug-likeness (QED) is 0.494. The highest BCUT2D eigenvalue weighted by atomic mass is 19.4. The molecule has 2 aromatic heterocycles. The molecular formula is C24H22F3N5. The van der Waals surface area contributed by atoms with Gasteiger partial charge in [0.05, 0.1) is 23.6 Å². The van der Waals surface area contributed by atoms with Gasteiger partial charge >= 0.3 is 6.18 Å². The van der Waals surface area contributed by atoms with E-state index in [0.29, 0.717) is 35.5 Å². The zero-order valence-corrected chi connectivity index (χ0v) is 17.3. The van der Waals surface area contributed by atoms with E-state index in [2.05, 4.69) is 38.7 Å². The van der Waals surface area contributed by atoms with Crippen LogP contribution in [0.25, 0.3) is 11.3 Å². The van der Waals surface area contributed by atoms with Crippen LogP contribution in [0.1, 0.15) is 49.3 Å². The van der Waals surface area contributed by atoms with Crippen LogP contribution in [0.5, 0.6) is 0 Å². The highest BCUT2D eigenvalue weighted by Crippen LogP contribution is 2.37. The number of halogens is 3. The molecule has 0 saturated heterocycles. The summed E-state index contributed by atoms with van der Waals surface area (Å²) in [7, 11) is 0. The van der Waals surface area contributed by atoms with E-state index in [1.807, 2.05) is 18.2 Å². The van der Waals surface area contributed by atoms with Gasteiger partial charge in [-0.3, -0.25) is 0 Å². The molecule has 0 aliphatic heterocycles. The van der Waals surface area contributed by atoms with Gasteiger partial charge in [0.2, 0.25) is 0 Å². The van der Waals surface area contributed by atoms with Gasteiger partial charge in [-0.25, -0.2) is 4.98 Å². The van der Waals surface area contributed by atoms with E-state index < -0.39 is 11.9 Å². The fourth-order valence-corrected chi connectivity index (χ4v) is 4.09. The molecule has 0 spiro atoms. The van der Waals surface area contributed by atoms with Gasteiger partial charge in [-0.15, -0.1) is 10.2 Å². The molecule has 0 amide bonds. The molecule has 0 atom stereocenters. The summed E-state index contributed by atoms with van der Waals surface area (Å²) in [6.45, 7) is 0. The molecule has 0 unspecified atom stereocenters. The lowest BCUT2D eigenvalue weighted by atomic mass is 9.77. The minimum absolute atomic E-state index is 0.397. The van der Waals surface area contributed by atoms with Gasteiger partial charge in [0.15, 0.2) is 5.82 Å². The summed E-state index contributed by atoms with van der Waals surface area (Å²) in [5.41, 5.74) is 2.43. The smallest absolute Gasteiger partial charge is 0.337 e. The van der Waals surface area contributed by atoms with Gasteiger partial charge in [0.25, 0.3) is 0 Å². The molecule has 32 heavy (non-hydrogen) atoms. The van der Waals surface area contributed by atoms with Crippen LogP contribution < -0.4 is 5.32 Å². The summed E-state index contributed by atoms with van der Waals surface area (Å²) in [5, 5.41) is 20.1. The third kappa shape index (κ3) is 5.22. The molecular weight excluding hydrogens is 415 g/mol. The van der Waals surface area contributed by atoms with Crippen LogP contribution in [-0.4, -0.2) is 15.2 Å². The molecule has 1 N–H and O–H groups in total. The number of alkyl halides is 3. The lowest BCUT2D eigenvalue weighted by molar-refractivity contribution is -0.141. The van der Waals surface area contributed by atoms with Crippen molar-refractivity contribution in [2.24, 2.45) is 5.92 Å². The first-order valence-corrected chi connectivity index (χ1v) is 10.5. The number of aromatic nitrogens is 3. The highest BCUT2D eigenvalue weighted by Gasteiger charge is 2.32. The summed E-state index contributed by atoms with van der Waals surface area (Å²) < 4.78 is 37.8. The Kier molecular flexibility index (Phi) is 6.35. The Hall–Kier alpha value is -3.47. The van der Waals surface area contributed by atoms with Crippen LogP contribution in [0.2, 0.25) is 0 Å². The second-order valence-electron chi connectivity index (χ2n) is 8.06. The van der Waals surface area contributed by atoms with Crippen LogP contribution in [-0.2, 0) is 6.18 Å². The van der Waals surface area contributed by atoms with Crippen LogP contribution in [0.3, 0.4) is 0 Å². The lowest BCUT2D eigenvalue weighted by Gasteiger charge is -2.27. The summed E-state index contributed by atoms with van der Waals surface area (Å²) in [6.07, 6.45) is 1.75. The molecule has 3 aromatic rings. The third-order valence-corrected chi connectivity index (χ3v) is 5.90. The van der Waals surface area contributed by atoms with Gasteiger partial charge in [0.1, 0.15) is 5.69 Å². The molecule has 8 heteroatoms. The lowest BCUT2D eigenvalue weighted by Crippen LogP contribution is -2.12. The Bertz CT molecular complexity index is 1060. The number of hydrogen-bond donors (Lipinski definition) is 1. The van der Waals surface area contributed by atoms with Crippen molar-refractivity contribution >= 4 is 11.5 Å². The number of nitrogens with zero attached hydrogens (tertiary/aromatic N) is 4. The average molecular weight is 437 g/mol. The molecule has 1 aliphatic rings. The van der Waals surface area contributed by atoms with E-state index in [1.54, 1.807) is 6.07 Å². The van der Waals surface area contributed by atoms with Gasteiger partial charge < -0.3 is 5.32 Å². The molecule has 1 fully saturated rings. The van der Waals surface area contributed by atoms with E-state index >= 15 is 0 Å². The summed E-state index contributed by atoms with van der Waals surface area (Å²) >= 11 is 0. The standard InChI is InChI=1S/C24H22F3N5/c25-24(26,27)22-11-9-20(15-29-22)30-23-12-10-21(31-32-23)19-7-5-18(6-8-19)17-3-1-16(2-4-17)13-14-28/h5-12,15-17H,1-4,13H2,(H,30,32). The predicted octanol–water partition coefficient (Wildman–Crippen LogP) is 6.49. The fraction of sp³-hybridized carbons (Fsp3) is 0.333. The van der Waals surface area contributed by atoms with Gasteiger partial charge in [0, 0.05) is 12.0 Å². The van der Waals surface area contributed by atoms with E-state index in [-0.39, 0.29) is 0 Å². The largest absolute Gasteiger partial charge is 0.433 e. The minimum Gasteiger partial charge on any atom is -0.337 e. The second kappa shape index (κ2) is 9.35. The molecule has 1 saturated carbocycles. The molecule has 164 valence electrons. The fourth-order valence-electron chi connectivity index (χ4n) is 4.09. The zero-order valence-electron chi connectivity index (χ0n) is 17.3. The van der Waals surface area contributed by atoms with Crippen molar-refractivity contribution in [2.45, 2.75) is 44.2 Å². The van der Waals surface area contributed by atoms with E-state index in [4.69, 9.17) is 5.26 Å². The molecule has 4 rings (SSSR count). The predicted molar refractivity (Wildman–Crippen MR) is 115 cm³/mol. The summed E-state index contributed by atoms with van der Waals surface area (Å²) in [6, 6.07) is 16.4. The van der Waals surface area contributed by atoms with Crippen molar-refractivity contribution in [1.29, 1.82) is 5.26 Å². The number of anilines is 2. The van der Waals surface area contributed by atoms with Gasteiger partial charge in [-0.2, -0.15) is 18.4 Å². The SMILES string of the molecule is N#CCC1CCC(c2ccc(-c3ccc(Nc4ccc(C(F)(F)F)nc4)nn3)cc2)CC1. The number of benzene rings is 1. The Morgan fingerprint density at radius 1 is 0.938 bits per heavy atom. The van der Waals surface area contributed by atoms with Crippen molar-refractivity contribution in [1.82, 2.24) is 15.2 Å². The number of nitriles is 1. The Morgan fingerprint density at radius 2 is 1.69 bits per heavy atom. The Labute approximate surface area is 184 Å². The molecule has 1 aliphatic carbocycles. The van der Waals surface area contributed by atoms with Gasteiger partial charge in [-0.05, 0) is 67.3 Å². The summed E-state index contributed by atoms with van der Waals surface area (Å²) in [4.78, 5) is 3.42. The van der Waals surface area contributed by atoms with Crippen molar-refractivity contribution in [3.63, 3.8) is 0 Å². The van der Waals surface area contributed by atoms with E-state index in [9.17, 15) is 13.2 Å². The molecule has 5 nitrogen and oxygen atoms in total. The maximum atomic E-state index is 12.6. The van der Waals surface area contributed by atoms with Crippen LogP contribution >= 0.6 is 0 Å². The first kappa shape index (κ1) is 21.8. The molecule has 0 bridgehead atoms. The Balaban J connectivity index is 1.37. The first-order chi connectivity index (χ1) is 15.4. The van der Waals surface area contributed by atoms with Crippen molar-refractivity contribution in [2.75, 3.05) is 5.32 Å². The normalized spacial score (nSPS) is 18.7. The number of rotatable bonds is 5. The van der Waals surface area contributed by atoms with E-state index in [1.165, 1.54) is 11.6 Å². The van der Waals surface area contributed by atoms with Gasteiger partial charge in [-0.1, -0.05) is 24.3 Å². The van der Waals surface area contributed by atoms with E-state index in [0.717, 1.165) is 43.5 Å². The average Bonchev–Trinajstić information content (AvgIpc) is 2.80. The minimum atomic E-state index is -4.47. The maximum Gasteiger partial charge on any atom is 0.433 e. The molecule has 2 heterocycles.